The summed E-state index contributed by atoms with van der Waals surface area (Å²) in [4.78, 5) is 0. The number of benzene rings is 1. The van der Waals surface area contributed by atoms with E-state index in [9.17, 15) is 0 Å². The van der Waals surface area contributed by atoms with E-state index < -0.39 is 0 Å². The number of tetrazole rings is 1. The van der Waals surface area contributed by atoms with E-state index in [1.807, 2.05) is 44.2 Å². The molecule has 0 unspecified atom stereocenters. The normalized spacial score (nSPS) is 11.2. The van der Waals surface area contributed by atoms with E-state index in [0.29, 0.717) is 22.7 Å². The van der Waals surface area contributed by atoms with Crippen LogP contribution in [-0.2, 0) is 5.75 Å². The molecule has 0 bridgehead atoms. The third-order valence-electron chi connectivity index (χ3n) is 2.74. The molecular formula is C13H14N6OS. The van der Waals surface area contributed by atoms with Crippen molar-refractivity contribution >= 4 is 11.8 Å². The highest BCUT2D eigenvalue weighted by molar-refractivity contribution is 7.98. The Labute approximate surface area is 125 Å². The summed E-state index contributed by atoms with van der Waals surface area (Å²) in [6, 6.07) is 9.73. The molecule has 0 aliphatic rings. The first-order chi connectivity index (χ1) is 10.2. The molecule has 0 radical (unpaired) electrons. The van der Waals surface area contributed by atoms with Crippen molar-refractivity contribution in [1.29, 1.82) is 0 Å². The molecule has 21 heavy (non-hydrogen) atoms. The van der Waals surface area contributed by atoms with E-state index in [4.69, 9.17) is 4.42 Å². The highest BCUT2D eigenvalue weighted by Crippen LogP contribution is 2.22. The minimum absolute atomic E-state index is 0.228. The molecular weight excluding hydrogens is 288 g/mol. The quantitative estimate of drug-likeness (QED) is 0.669. The van der Waals surface area contributed by atoms with Gasteiger partial charge in [-0.05, 0) is 22.6 Å². The van der Waals surface area contributed by atoms with Gasteiger partial charge in [-0.15, -0.1) is 15.3 Å². The van der Waals surface area contributed by atoms with E-state index in [0.717, 1.165) is 5.69 Å². The Kier molecular flexibility index (Phi) is 3.96. The molecule has 7 nitrogen and oxygen atoms in total. The fourth-order valence-corrected chi connectivity index (χ4v) is 2.41. The molecule has 2 heterocycles. The predicted octanol–water partition coefficient (Wildman–Crippen LogP) is 2.46. The number of aromatic nitrogens is 6. The van der Waals surface area contributed by atoms with Crippen LogP contribution in [0.1, 0.15) is 31.5 Å². The molecule has 8 heteroatoms. The van der Waals surface area contributed by atoms with Crippen LogP contribution in [0.15, 0.2) is 39.9 Å². The maximum atomic E-state index is 5.57. The molecule has 3 aromatic rings. The van der Waals surface area contributed by atoms with Crippen molar-refractivity contribution in [3.63, 3.8) is 0 Å². The first-order valence-electron chi connectivity index (χ1n) is 6.53. The van der Waals surface area contributed by atoms with Crippen LogP contribution in [0.5, 0.6) is 0 Å². The van der Waals surface area contributed by atoms with Crippen molar-refractivity contribution in [3.8, 4) is 5.69 Å². The summed E-state index contributed by atoms with van der Waals surface area (Å²) >= 11 is 1.46. The van der Waals surface area contributed by atoms with Crippen LogP contribution in [0.25, 0.3) is 5.69 Å². The van der Waals surface area contributed by atoms with Gasteiger partial charge in [0, 0.05) is 5.92 Å². The average molecular weight is 302 g/mol. The van der Waals surface area contributed by atoms with Gasteiger partial charge in [-0.2, -0.15) is 4.68 Å². The van der Waals surface area contributed by atoms with Crippen molar-refractivity contribution in [2.75, 3.05) is 0 Å². The smallest absolute Gasteiger partial charge is 0.226 e. The van der Waals surface area contributed by atoms with Gasteiger partial charge in [0.1, 0.15) is 0 Å². The van der Waals surface area contributed by atoms with E-state index >= 15 is 0 Å². The van der Waals surface area contributed by atoms with Crippen molar-refractivity contribution in [2.45, 2.75) is 30.7 Å². The van der Waals surface area contributed by atoms with E-state index in [-0.39, 0.29) is 5.92 Å². The number of rotatable bonds is 5. The Morgan fingerprint density at radius 1 is 1.14 bits per heavy atom. The van der Waals surface area contributed by atoms with Crippen LogP contribution in [-0.4, -0.2) is 30.4 Å². The molecule has 1 aromatic carbocycles. The largest absolute Gasteiger partial charge is 0.424 e. The fraction of sp³-hybridized carbons (Fsp3) is 0.308. The number of para-hydroxylation sites is 1. The maximum Gasteiger partial charge on any atom is 0.226 e. The standard InChI is InChI=1S/C13H14N6OS/c1-9(2)12-15-14-11(20-12)8-21-13-16-17-18-19(13)10-6-4-3-5-7-10/h3-7,9H,8H2,1-2H3. The fourth-order valence-electron chi connectivity index (χ4n) is 1.68. The SMILES string of the molecule is CC(C)c1nnc(CSc2nnnn2-c2ccccc2)o1. The molecule has 0 atom stereocenters. The summed E-state index contributed by atoms with van der Waals surface area (Å²) in [6.07, 6.45) is 0. The minimum Gasteiger partial charge on any atom is -0.424 e. The molecule has 0 fully saturated rings. The van der Waals surface area contributed by atoms with Crippen LogP contribution < -0.4 is 0 Å². The van der Waals surface area contributed by atoms with Crippen LogP contribution in [0.3, 0.4) is 0 Å². The molecule has 0 amide bonds. The van der Waals surface area contributed by atoms with E-state index in [2.05, 4.69) is 25.7 Å². The van der Waals surface area contributed by atoms with Gasteiger partial charge in [0.15, 0.2) is 0 Å². The molecule has 0 spiro atoms. The predicted molar refractivity (Wildman–Crippen MR) is 77.1 cm³/mol. The molecule has 2 aromatic heterocycles. The lowest BCUT2D eigenvalue weighted by Crippen LogP contribution is -1.98. The highest BCUT2D eigenvalue weighted by Gasteiger charge is 2.13. The number of thioether (sulfide) groups is 1. The lowest BCUT2D eigenvalue weighted by Gasteiger charge is -2.02. The molecule has 0 aliphatic carbocycles. The van der Waals surface area contributed by atoms with Crippen LogP contribution in [0.2, 0.25) is 0 Å². The third kappa shape index (κ3) is 3.10. The van der Waals surface area contributed by atoms with Gasteiger partial charge in [0.05, 0.1) is 11.4 Å². The second-order valence-corrected chi connectivity index (χ2v) is 5.63. The Hall–Kier alpha value is -2.22. The number of hydrogen-bond donors (Lipinski definition) is 0. The Bertz CT molecular complexity index is 708. The van der Waals surface area contributed by atoms with Gasteiger partial charge in [0.2, 0.25) is 16.9 Å². The van der Waals surface area contributed by atoms with Crippen molar-refractivity contribution in [1.82, 2.24) is 30.4 Å². The number of hydrogen-bond acceptors (Lipinski definition) is 7. The topological polar surface area (TPSA) is 82.5 Å². The van der Waals surface area contributed by atoms with E-state index in [1.54, 1.807) is 4.68 Å². The van der Waals surface area contributed by atoms with Gasteiger partial charge in [-0.25, -0.2) is 0 Å². The van der Waals surface area contributed by atoms with Crippen LogP contribution in [0.4, 0.5) is 0 Å². The Morgan fingerprint density at radius 3 is 2.67 bits per heavy atom. The first-order valence-corrected chi connectivity index (χ1v) is 7.51. The zero-order valence-corrected chi connectivity index (χ0v) is 12.5. The van der Waals surface area contributed by atoms with Gasteiger partial charge < -0.3 is 4.42 Å². The van der Waals surface area contributed by atoms with Gasteiger partial charge >= 0.3 is 0 Å². The lowest BCUT2D eigenvalue weighted by atomic mass is 10.2. The third-order valence-corrected chi connectivity index (χ3v) is 3.65. The lowest BCUT2D eigenvalue weighted by molar-refractivity contribution is 0.445. The van der Waals surface area contributed by atoms with Gasteiger partial charge in [0.25, 0.3) is 0 Å². The summed E-state index contributed by atoms with van der Waals surface area (Å²) < 4.78 is 7.25. The second-order valence-electron chi connectivity index (χ2n) is 4.69. The monoisotopic (exact) mass is 302 g/mol. The molecule has 0 saturated heterocycles. The van der Waals surface area contributed by atoms with Crippen molar-refractivity contribution in [3.05, 3.63) is 42.1 Å². The highest BCUT2D eigenvalue weighted by atomic mass is 32.2. The summed E-state index contributed by atoms with van der Waals surface area (Å²) in [5, 5.41) is 20.5. The van der Waals surface area contributed by atoms with Crippen molar-refractivity contribution in [2.24, 2.45) is 0 Å². The minimum atomic E-state index is 0.228. The molecule has 108 valence electrons. The zero-order chi connectivity index (χ0) is 14.7. The maximum absolute atomic E-state index is 5.57. The summed E-state index contributed by atoms with van der Waals surface area (Å²) in [7, 11) is 0. The molecule has 0 saturated carbocycles. The van der Waals surface area contributed by atoms with Gasteiger partial charge in [-0.3, -0.25) is 0 Å². The van der Waals surface area contributed by atoms with Crippen LogP contribution >= 0.6 is 11.8 Å². The second kappa shape index (κ2) is 6.04. The number of nitrogens with zero attached hydrogens (tertiary/aromatic N) is 6. The van der Waals surface area contributed by atoms with Crippen LogP contribution in [0, 0.1) is 0 Å². The molecule has 0 aliphatic heterocycles. The summed E-state index contributed by atoms with van der Waals surface area (Å²) in [5.74, 6) is 1.98. The molecule has 3 rings (SSSR count). The summed E-state index contributed by atoms with van der Waals surface area (Å²) in [6.45, 7) is 4.03. The zero-order valence-electron chi connectivity index (χ0n) is 11.7. The van der Waals surface area contributed by atoms with Crippen molar-refractivity contribution < 1.29 is 4.42 Å². The van der Waals surface area contributed by atoms with E-state index in [1.165, 1.54) is 11.8 Å². The first kappa shape index (κ1) is 13.7. The summed E-state index contributed by atoms with van der Waals surface area (Å²) in [5.41, 5.74) is 0.915. The average Bonchev–Trinajstić information content (AvgIpc) is 3.15. The Balaban J connectivity index is 1.73. The molecule has 0 N–H and O–H groups in total. The van der Waals surface area contributed by atoms with Gasteiger partial charge in [-0.1, -0.05) is 43.8 Å². The Morgan fingerprint density at radius 2 is 1.95 bits per heavy atom.